The van der Waals surface area contributed by atoms with Gasteiger partial charge in [0.05, 0.1) is 0 Å². The van der Waals surface area contributed by atoms with Crippen LogP contribution in [0, 0.1) is 5.41 Å². The molecule has 0 nitrogen and oxygen atoms in total. The van der Waals surface area contributed by atoms with E-state index >= 15 is 0 Å². The molecular formula is C17H30. The Balaban J connectivity index is 0.00000121. The van der Waals surface area contributed by atoms with E-state index in [9.17, 15) is 0 Å². The number of hydrogen-bond donors (Lipinski definition) is 0. The second-order valence-corrected chi connectivity index (χ2v) is 5.63. The highest BCUT2D eigenvalue weighted by atomic mass is 14.1. The fourth-order valence-corrected chi connectivity index (χ4v) is 1.68. The third kappa shape index (κ3) is 8.01. The first-order chi connectivity index (χ1) is 8.01. The Hall–Kier alpha value is -0.780. The van der Waals surface area contributed by atoms with Gasteiger partial charge in [0.2, 0.25) is 0 Å². The topological polar surface area (TPSA) is 0 Å². The lowest BCUT2D eigenvalue weighted by Crippen LogP contribution is -2.06. The molecule has 0 N–H and O–H groups in total. The molecule has 0 saturated heterocycles. The van der Waals surface area contributed by atoms with E-state index < -0.39 is 0 Å². The summed E-state index contributed by atoms with van der Waals surface area (Å²) in [6, 6.07) is 9.14. The quantitative estimate of drug-likeness (QED) is 0.632. The van der Waals surface area contributed by atoms with E-state index in [-0.39, 0.29) is 0 Å². The van der Waals surface area contributed by atoms with Crippen molar-refractivity contribution in [3.63, 3.8) is 0 Å². The normalized spacial score (nSPS) is 10.7. The van der Waals surface area contributed by atoms with Crippen molar-refractivity contribution in [3.05, 3.63) is 35.4 Å². The molecule has 1 rings (SSSR count). The van der Waals surface area contributed by atoms with Crippen LogP contribution >= 0.6 is 0 Å². The van der Waals surface area contributed by atoms with Gasteiger partial charge in [0.25, 0.3) is 0 Å². The summed E-state index contributed by atoms with van der Waals surface area (Å²) in [5.74, 6) is 0. The Morgan fingerprint density at radius 1 is 0.824 bits per heavy atom. The molecule has 0 fully saturated rings. The van der Waals surface area contributed by atoms with E-state index in [2.05, 4.69) is 52.0 Å². The number of rotatable bonds is 4. The summed E-state index contributed by atoms with van der Waals surface area (Å²) in [5.41, 5.74) is 3.39. The van der Waals surface area contributed by atoms with Crippen molar-refractivity contribution in [2.45, 2.75) is 67.2 Å². The van der Waals surface area contributed by atoms with Crippen LogP contribution in [0.5, 0.6) is 0 Å². The molecule has 0 spiro atoms. The van der Waals surface area contributed by atoms with Gasteiger partial charge in [0, 0.05) is 0 Å². The summed E-state index contributed by atoms with van der Waals surface area (Å²) in [4.78, 5) is 0. The lowest BCUT2D eigenvalue weighted by atomic mass is 9.88. The van der Waals surface area contributed by atoms with Crippen LogP contribution in [0.25, 0.3) is 0 Å². The highest BCUT2D eigenvalue weighted by Crippen LogP contribution is 2.21. The molecule has 0 amide bonds. The maximum Gasteiger partial charge on any atom is -0.0274 e. The van der Waals surface area contributed by atoms with Crippen LogP contribution in [0.15, 0.2) is 24.3 Å². The summed E-state index contributed by atoms with van der Waals surface area (Å²) >= 11 is 0. The first kappa shape index (κ1) is 16.2. The fourth-order valence-electron chi connectivity index (χ4n) is 1.68. The summed E-state index contributed by atoms with van der Waals surface area (Å²) in [6.07, 6.45) is 4.91. The van der Waals surface area contributed by atoms with Crippen LogP contribution in [0.4, 0.5) is 0 Å². The van der Waals surface area contributed by atoms with Crippen molar-refractivity contribution in [1.29, 1.82) is 0 Å². The number of hydrogen-bond acceptors (Lipinski definition) is 0. The molecule has 0 heteroatoms. The van der Waals surface area contributed by atoms with Crippen molar-refractivity contribution >= 4 is 0 Å². The van der Waals surface area contributed by atoms with Crippen molar-refractivity contribution in [1.82, 2.24) is 0 Å². The maximum atomic E-state index is 2.30. The zero-order valence-corrected chi connectivity index (χ0v) is 12.6. The van der Waals surface area contributed by atoms with E-state index in [0.717, 1.165) is 0 Å². The smallest absolute Gasteiger partial charge is 0.0274 e. The SMILES string of the molecule is CC.CCCc1ccc(CCC(C)(C)C)cc1. The minimum absolute atomic E-state index is 0.447. The molecule has 0 aliphatic carbocycles. The largest absolute Gasteiger partial charge is 0.0683 e. The molecule has 0 unspecified atom stereocenters. The number of aryl methyl sites for hydroxylation is 2. The Bertz CT molecular complexity index is 274. The van der Waals surface area contributed by atoms with Crippen LogP contribution in [-0.4, -0.2) is 0 Å². The van der Waals surface area contributed by atoms with Crippen molar-refractivity contribution in [2.75, 3.05) is 0 Å². The third-order valence-electron chi connectivity index (χ3n) is 2.73. The summed E-state index contributed by atoms with van der Waals surface area (Å²) < 4.78 is 0. The van der Waals surface area contributed by atoms with Crippen LogP contribution in [0.1, 0.15) is 65.5 Å². The molecule has 0 aromatic heterocycles. The molecule has 0 saturated carbocycles. The Kier molecular flexibility index (Phi) is 7.95. The van der Waals surface area contributed by atoms with E-state index in [4.69, 9.17) is 0 Å². The minimum atomic E-state index is 0.447. The van der Waals surface area contributed by atoms with E-state index in [1.807, 2.05) is 13.8 Å². The van der Waals surface area contributed by atoms with Gasteiger partial charge in [-0.2, -0.15) is 0 Å². The van der Waals surface area contributed by atoms with E-state index in [1.54, 1.807) is 0 Å². The fraction of sp³-hybridized carbons (Fsp3) is 0.647. The lowest BCUT2D eigenvalue weighted by molar-refractivity contribution is 0.378. The van der Waals surface area contributed by atoms with Crippen LogP contribution in [0.2, 0.25) is 0 Å². The molecule has 0 aliphatic rings. The molecule has 1 aromatic rings. The molecule has 0 aliphatic heterocycles. The van der Waals surface area contributed by atoms with E-state index in [0.29, 0.717) is 5.41 Å². The highest BCUT2D eigenvalue weighted by Gasteiger charge is 2.09. The minimum Gasteiger partial charge on any atom is -0.0683 e. The highest BCUT2D eigenvalue weighted by molar-refractivity contribution is 5.22. The average Bonchev–Trinajstić information content (AvgIpc) is 2.30. The van der Waals surface area contributed by atoms with Crippen LogP contribution < -0.4 is 0 Å². The van der Waals surface area contributed by atoms with Crippen molar-refractivity contribution in [2.24, 2.45) is 5.41 Å². The predicted octanol–water partition coefficient (Wildman–Crippen LogP) is 5.64. The van der Waals surface area contributed by atoms with Crippen LogP contribution in [-0.2, 0) is 12.8 Å². The monoisotopic (exact) mass is 234 g/mol. The van der Waals surface area contributed by atoms with Gasteiger partial charge in [-0.15, -0.1) is 0 Å². The molecule has 1 aromatic carbocycles. The predicted molar refractivity (Wildman–Crippen MR) is 79.6 cm³/mol. The molecule has 0 atom stereocenters. The maximum absolute atomic E-state index is 2.30. The molecule has 17 heavy (non-hydrogen) atoms. The first-order valence-corrected chi connectivity index (χ1v) is 7.09. The Morgan fingerprint density at radius 3 is 1.59 bits per heavy atom. The van der Waals surface area contributed by atoms with E-state index in [1.165, 1.54) is 36.8 Å². The molecule has 0 bridgehead atoms. The number of benzene rings is 1. The van der Waals surface area contributed by atoms with Gasteiger partial charge < -0.3 is 0 Å². The van der Waals surface area contributed by atoms with Gasteiger partial charge in [0.15, 0.2) is 0 Å². The third-order valence-corrected chi connectivity index (χ3v) is 2.73. The standard InChI is InChI=1S/C15H24.C2H6/c1-5-6-13-7-9-14(10-8-13)11-12-15(2,3)4;1-2/h7-10H,5-6,11-12H2,1-4H3;1-2H3. The molecule has 98 valence electrons. The Morgan fingerprint density at radius 2 is 1.24 bits per heavy atom. The molecular weight excluding hydrogens is 204 g/mol. The average molecular weight is 234 g/mol. The Labute approximate surface area is 108 Å². The summed E-state index contributed by atoms with van der Waals surface area (Å²) in [6.45, 7) is 13.1. The van der Waals surface area contributed by atoms with Gasteiger partial charge in [0.1, 0.15) is 0 Å². The van der Waals surface area contributed by atoms with Gasteiger partial charge in [-0.25, -0.2) is 0 Å². The lowest BCUT2D eigenvalue weighted by Gasteiger charge is -2.17. The van der Waals surface area contributed by atoms with Gasteiger partial charge in [-0.1, -0.05) is 72.2 Å². The molecule has 0 heterocycles. The second-order valence-electron chi connectivity index (χ2n) is 5.63. The summed E-state index contributed by atoms with van der Waals surface area (Å²) in [7, 11) is 0. The first-order valence-electron chi connectivity index (χ1n) is 7.09. The van der Waals surface area contributed by atoms with Gasteiger partial charge in [-0.3, -0.25) is 0 Å². The van der Waals surface area contributed by atoms with Gasteiger partial charge in [-0.05, 0) is 35.8 Å². The van der Waals surface area contributed by atoms with Crippen molar-refractivity contribution in [3.8, 4) is 0 Å². The zero-order chi connectivity index (χ0) is 13.3. The second kappa shape index (κ2) is 8.33. The zero-order valence-electron chi connectivity index (χ0n) is 12.6. The molecule has 0 radical (unpaired) electrons. The van der Waals surface area contributed by atoms with Crippen LogP contribution in [0.3, 0.4) is 0 Å². The van der Waals surface area contributed by atoms with Crippen molar-refractivity contribution < 1.29 is 0 Å². The van der Waals surface area contributed by atoms with Gasteiger partial charge >= 0.3 is 0 Å². The summed E-state index contributed by atoms with van der Waals surface area (Å²) in [5, 5.41) is 0.